The molecule has 2 rings (SSSR count). The zero-order valence-electron chi connectivity index (χ0n) is 12.4. The highest BCUT2D eigenvalue weighted by Crippen LogP contribution is 2.33. The van der Waals surface area contributed by atoms with Gasteiger partial charge in [-0.15, -0.1) is 11.3 Å². The van der Waals surface area contributed by atoms with Crippen LogP contribution in [0.3, 0.4) is 0 Å². The second kappa shape index (κ2) is 6.82. The second-order valence-electron chi connectivity index (χ2n) is 5.65. The number of aryl methyl sites for hydroxylation is 1. The van der Waals surface area contributed by atoms with E-state index in [1.165, 1.54) is 31.4 Å². The Balaban J connectivity index is 2.13. The van der Waals surface area contributed by atoms with Crippen LogP contribution in [0.5, 0.6) is 0 Å². The van der Waals surface area contributed by atoms with Crippen LogP contribution in [0, 0.1) is 12.8 Å². The van der Waals surface area contributed by atoms with Crippen molar-refractivity contribution in [1.82, 2.24) is 9.88 Å². The average Bonchev–Trinajstić information content (AvgIpc) is 2.86. The van der Waals surface area contributed by atoms with Crippen LogP contribution in [-0.4, -0.2) is 29.0 Å². The number of hydrogen-bond donors (Lipinski definition) is 1. The monoisotopic (exact) mass is 281 g/mol. The molecule has 3 unspecified atom stereocenters. The summed E-state index contributed by atoms with van der Waals surface area (Å²) in [5.41, 5.74) is 7.22. The summed E-state index contributed by atoms with van der Waals surface area (Å²) in [7, 11) is 0. The summed E-state index contributed by atoms with van der Waals surface area (Å²) in [5.74, 6) is 0.663. The van der Waals surface area contributed by atoms with Crippen molar-refractivity contribution in [1.29, 1.82) is 0 Å². The lowest BCUT2D eigenvalue weighted by Crippen LogP contribution is -2.46. The predicted octanol–water partition coefficient (Wildman–Crippen LogP) is 3.35. The van der Waals surface area contributed by atoms with Crippen molar-refractivity contribution in [2.75, 3.05) is 13.1 Å². The van der Waals surface area contributed by atoms with Gasteiger partial charge in [-0.2, -0.15) is 0 Å². The first-order valence-corrected chi connectivity index (χ1v) is 8.43. The molecule has 1 aromatic rings. The first-order valence-electron chi connectivity index (χ1n) is 7.55. The molecule has 0 aromatic carbocycles. The zero-order chi connectivity index (χ0) is 13.8. The van der Waals surface area contributed by atoms with Gasteiger partial charge < -0.3 is 5.73 Å². The summed E-state index contributed by atoms with van der Waals surface area (Å²) in [6, 6.07) is 1.05. The largest absolute Gasteiger partial charge is 0.330 e. The van der Waals surface area contributed by atoms with Crippen LogP contribution in [0.4, 0.5) is 0 Å². The number of rotatable bonds is 5. The minimum atomic E-state index is 0.409. The normalized spacial score (nSPS) is 25.7. The molecular weight excluding hydrogens is 254 g/mol. The Kier molecular flexibility index (Phi) is 5.37. The van der Waals surface area contributed by atoms with Crippen molar-refractivity contribution >= 4 is 11.3 Å². The van der Waals surface area contributed by atoms with Crippen molar-refractivity contribution in [2.45, 2.75) is 58.5 Å². The molecule has 1 aliphatic rings. The van der Waals surface area contributed by atoms with E-state index in [4.69, 9.17) is 5.73 Å². The molecular formula is C15H27N3S. The molecule has 4 heteroatoms. The average molecular weight is 281 g/mol. The highest BCUT2D eigenvalue weighted by Gasteiger charge is 2.32. The highest BCUT2D eigenvalue weighted by atomic mass is 32.1. The van der Waals surface area contributed by atoms with Crippen molar-refractivity contribution in [2.24, 2.45) is 11.7 Å². The van der Waals surface area contributed by atoms with Crippen molar-refractivity contribution in [3.05, 3.63) is 16.1 Å². The fraction of sp³-hybridized carbons (Fsp3) is 0.800. The molecule has 2 N–H and O–H groups in total. The molecule has 1 aromatic heterocycles. The Morgan fingerprint density at radius 3 is 2.79 bits per heavy atom. The van der Waals surface area contributed by atoms with Gasteiger partial charge >= 0.3 is 0 Å². The molecule has 0 radical (unpaired) electrons. The molecule has 0 bridgehead atoms. The van der Waals surface area contributed by atoms with Crippen LogP contribution in [0.1, 0.15) is 56.3 Å². The van der Waals surface area contributed by atoms with Crippen LogP contribution in [0.15, 0.2) is 5.38 Å². The minimum absolute atomic E-state index is 0.409. The Morgan fingerprint density at radius 1 is 1.47 bits per heavy atom. The van der Waals surface area contributed by atoms with E-state index in [1.54, 1.807) is 11.3 Å². The smallest absolute Gasteiger partial charge is 0.0898 e. The van der Waals surface area contributed by atoms with E-state index in [2.05, 4.69) is 36.0 Å². The van der Waals surface area contributed by atoms with Crippen LogP contribution in [-0.2, 0) is 0 Å². The van der Waals surface area contributed by atoms with Crippen LogP contribution < -0.4 is 5.73 Å². The van der Waals surface area contributed by atoms with Gasteiger partial charge in [0.15, 0.2) is 0 Å². The van der Waals surface area contributed by atoms with E-state index in [0.29, 0.717) is 18.0 Å². The fourth-order valence-electron chi connectivity index (χ4n) is 3.44. The lowest BCUT2D eigenvalue weighted by Gasteiger charge is -2.42. The molecule has 19 heavy (non-hydrogen) atoms. The third-order valence-electron chi connectivity index (χ3n) is 4.53. The topological polar surface area (TPSA) is 42.2 Å². The Bertz CT molecular complexity index is 390. The molecule has 0 saturated heterocycles. The molecule has 0 aliphatic heterocycles. The minimum Gasteiger partial charge on any atom is -0.330 e. The van der Waals surface area contributed by atoms with E-state index < -0.39 is 0 Å². The summed E-state index contributed by atoms with van der Waals surface area (Å²) in [6.07, 6.45) is 5.28. The third kappa shape index (κ3) is 3.36. The lowest BCUT2D eigenvalue weighted by atomic mass is 9.83. The number of aromatic nitrogens is 1. The first kappa shape index (κ1) is 14.9. The van der Waals surface area contributed by atoms with Crippen molar-refractivity contribution in [3.63, 3.8) is 0 Å². The van der Waals surface area contributed by atoms with Crippen LogP contribution in [0.2, 0.25) is 0 Å². The van der Waals surface area contributed by atoms with Gasteiger partial charge in [-0.25, -0.2) is 4.98 Å². The van der Waals surface area contributed by atoms with Gasteiger partial charge in [0.05, 0.1) is 16.7 Å². The number of hydrogen-bond acceptors (Lipinski definition) is 4. The molecule has 108 valence electrons. The first-order chi connectivity index (χ1) is 9.17. The summed E-state index contributed by atoms with van der Waals surface area (Å²) >= 11 is 1.75. The third-order valence-corrected chi connectivity index (χ3v) is 5.32. The predicted molar refractivity (Wildman–Crippen MR) is 82.4 cm³/mol. The Labute approximate surface area is 121 Å². The van der Waals surface area contributed by atoms with Gasteiger partial charge in [0.1, 0.15) is 0 Å². The highest BCUT2D eigenvalue weighted by molar-refractivity contribution is 7.09. The summed E-state index contributed by atoms with van der Waals surface area (Å²) < 4.78 is 0. The maximum atomic E-state index is 5.99. The molecule has 1 heterocycles. The van der Waals surface area contributed by atoms with Crippen LogP contribution in [0.25, 0.3) is 0 Å². The van der Waals surface area contributed by atoms with E-state index in [0.717, 1.165) is 18.1 Å². The molecule has 1 aliphatic carbocycles. The van der Waals surface area contributed by atoms with Crippen molar-refractivity contribution < 1.29 is 0 Å². The van der Waals surface area contributed by atoms with Crippen LogP contribution >= 0.6 is 11.3 Å². The molecule has 3 nitrogen and oxygen atoms in total. The molecule has 0 amide bonds. The molecule has 1 saturated carbocycles. The van der Waals surface area contributed by atoms with Gasteiger partial charge in [0, 0.05) is 11.4 Å². The zero-order valence-corrected chi connectivity index (χ0v) is 13.2. The van der Waals surface area contributed by atoms with E-state index in [1.807, 2.05) is 0 Å². The Morgan fingerprint density at radius 2 is 2.21 bits per heavy atom. The van der Waals surface area contributed by atoms with Gasteiger partial charge in [0.2, 0.25) is 0 Å². The number of nitrogens with two attached hydrogens (primary N) is 1. The Hall–Kier alpha value is -0.450. The lowest BCUT2D eigenvalue weighted by molar-refractivity contribution is 0.0755. The van der Waals surface area contributed by atoms with Gasteiger partial charge in [-0.3, -0.25) is 4.90 Å². The number of thiazole rings is 1. The molecule has 3 atom stereocenters. The number of nitrogens with zero attached hydrogens (tertiary/aromatic N) is 2. The van der Waals surface area contributed by atoms with E-state index in [9.17, 15) is 0 Å². The van der Waals surface area contributed by atoms with Gasteiger partial charge in [-0.05, 0) is 45.7 Å². The van der Waals surface area contributed by atoms with E-state index >= 15 is 0 Å². The second-order valence-corrected chi connectivity index (χ2v) is 6.71. The van der Waals surface area contributed by atoms with Gasteiger partial charge in [-0.1, -0.05) is 19.8 Å². The maximum Gasteiger partial charge on any atom is 0.0898 e. The molecule has 0 spiro atoms. The fourth-order valence-corrected chi connectivity index (χ4v) is 4.14. The molecule has 1 fully saturated rings. The quantitative estimate of drug-likeness (QED) is 0.900. The maximum absolute atomic E-state index is 5.99. The van der Waals surface area contributed by atoms with Crippen molar-refractivity contribution in [3.8, 4) is 0 Å². The standard InChI is InChI=1S/C15H27N3S/c1-4-18(11(2)14-10-19-12(3)17-14)15-8-6-5-7-13(15)9-16/h10-11,13,15H,4-9,16H2,1-3H3. The van der Waals surface area contributed by atoms with E-state index in [-0.39, 0.29) is 0 Å². The summed E-state index contributed by atoms with van der Waals surface area (Å²) in [4.78, 5) is 7.29. The summed E-state index contributed by atoms with van der Waals surface area (Å²) in [6.45, 7) is 8.54. The SMILES string of the molecule is CCN(C(C)c1csc(C)n1)C1CCCCC1CN. The van der Waals surface area contributed by atoms with Gasteiger partial charge in [0.25, 0.3) is 0 Å². The summed E-state index contributed by atoms with van der Waals surface area (Å²) in [5, 5.41) is 3.38.